The average Bonchev–Trinajstić information content (AvgIpc) is 2.44. The third-order valence-electron chi connectivity index (χ3n) is 2.93. The summed E-state index contributed by atoms with van der Waals surface area (Å²) in [7, 11) is 0. The molecule has 0 saturated carbocycles. The molecule has 0 saturated heterocycles. The Bertz CT molecular complexity index is 494. The second-order valence-electron chi connectivity index (χ2n) is 4.53. The summed E-state index contributed by atoms with van der Waals surface area (Å²) in [5, 5.41) is 8.58. The lowest BCUT2D eigenvalue weighted by atomic mass is 10.0. The summed E-state index contributed by atoms with van der Waals surface area (Å²) < 4.78 is 46.4. The van der Waals surface area contributed by atoms with Crippen molar-refractivity contribution >= 4 is 21.9 Å². The lowest BCUT2D eigenvalue weighted by Crippen LogP contribution is -2.23. The summed E-state index contributed by atoms with van der Waals surface area (Å²) in [6.45, 7) is 0.391. The van der Waals surface area contributed by atoms with E-state index in [0.29, 0.717) is 4.47 Å². The Hall–Kier alpha value is -1.24. The summed E-state index contributed by atoms with van der Waals surface area (Å²) in [4.78, 5) is 10.5. The number of halogens is 4. The molecule has 3 nitrogen and oxygen atoms in total. The first-order chi connectivity index (χ1) is 9.80. The molecule has 0 fully saturated rings. The Balaban J connectivity index is 2.98. The highest BCUT2D eigenvalue weighted by molar-refractivity contribution is 9.10. The van der Waals surface area contributed by atoms with E-state index in [-0.39, 0.29) is 24.2 Å². The van der Waals surface area contributed by atoms with Crippen molar-refractivity contribution in [3.05, 3.63) is 28.2 Å². The van der Waals surface area contributed by atoms with E-state index in [9.17, 15) is 18.0 Å². The minimum absolute atomic E-state index is 0.0843. The van der Waals surface area contributed by atoms with Crippen molar-refractivity contribution in [1.82, 2.24) is 0 Å². The van der Waals surface area contributed by atoms with Gasteiger partial charge in [-0.15, -0.1) is 0 Å². The molecule has 1 aromatic carbocycles. The lowest BCUT2D eigenvalue weighted by molar-refractivity contribution is -0.137. The number of benzene rings is 1. The normalized spacial score (nSPS) is 13.0. The number of alkyl halides is 3. The molecule has 1 atom stereocenters. The second-order valence-corrected chi connectivity index (χ2v) is 5.44. The fourth-order valence-corrected chi connectivity index (χ4v) is 2.07. The molecule has 7 heteroatoms. The maximum Gasteiger partial charge on any atom is 0.303 e. The van der Waals surface area contributed by atoms with Gasteiger partial charge in [-0.3, -0.25) is 4.79 Å². The van der Waals surface area contributed by atoms with Crippen LogP contribution in [0.15, 0.2) is 22.7 Å². The Morgan fingerprint density at radius 3 is 2.67 bits per heavy atom. The van der Waals surface area contributed by atoms with Crippen molar-refractivity contribution in [1.29, 1.82) is 0 Å². The van der Waals surface area contributed by atoms with Gasteiger partial charge in [-0.05, 0) is 24.6 Å². The molecule has 0 aliphatic rings. The van der Waals surface area contributed by atoms with Crippen LogP contribution in [-0.4, -0.2) is 23.9 Å². The number of rotatable bonds is 8. The highest BCUT2D eigenvalue weighted by Gasteiger charge is 2.33. The monoisotopic (exact) mass is 368 g/mol. The molecule has 0 unspecified atom stereocenters. The fraction of sp³-hybridized carbons (Fsp3) is 0.500. The van der Waals surface area contributed by atoms with Crippen LogP contribution in [0.2, 0.25) is 0 Å². The van der Waals surface area contributed by atoms with Gasteiger partial charge in [-0.1, -0.05) is 22.9 Å². The van der Waals surface area contributed by atoms with Gasteiger partial charge >= 0.3 is 5.97 Å². The molecule has 118 valence electrons. The predicted octanol–water partition coefficient (Wildman–Crippen LogP) is 4.53. The predicted molar refractivity (Wildman–Crippen MR) is 75.6 cm³/mol. The fourth-order valence-electron chi connectivity index (χ4n) is 1.71. The molecule has 0 radical (unpaired) electrons. The number of carbonyl (C=O) groups is 1. The van der Waals surface area contributed by atoms with Crippen LogP contribution in [0, 0.1) is 0 Å². The van der Waals surface area contributed by atoms with Crippen LogP contribution in [0.3, 0.4) is 0 Å². The number of carboxylic acid groups (broad SMARTS) is 1. The summed E-state index contributed by atoms with van der Waals surface area (Å²) in [6, 6.07) is 4.06. The number of ether oxygens (including phenoxy) is 1. The van der Waals surface area contributed by atoms with Crippen molar-refractivity contribution in [3.63, 3.8) is 0 Å². The summed E-state index contributed by atoms with van der Waals surface area (Å²) >= 11 is 3.11. The summed E-state index contributed by atoms with van der Waals surface area (Å²) in [5.41, 5.74) is -0.340. The molecule has 1 N–H and O–H groups in total. The molecule has 0 aliphatic carbocycles. The van der Waals surface area contributed by atoms with Crippen LogP contribution in [0.5, 0.6) is 5.75 Å². The minimum Gasteiger partial charge on any atom is -0.487 e. The minimum atomic E-state index is -3.10. The van der Waals surface area contributed by atoms with E-state index in [1.807, 2.05) is 0 Å². The SMILES string of the molecule is CCC(F)(F)c1cc(Br)ccc1O[C@@H](CF)CCC(=O)O. The summed E-state index contributed by atoms with van der Waals surface area (Å²) in [6.07, 6.45) is -1.85. The molecule has 0 spiro atoms. The van der Waals surface area contributed by atoms with Gasteiger partial charge in [0.25, 0.3) is 5.92 Å². The first-order valence-electron chi connectivity index (χ1n) is 6.42. The largest absolute Gasteiger partial charge is 0.487 e. The van der Waals surface area contributed by atoms with Gasteiger partial charge in [0, 0.05) is 17.3 Å². The van der Waals surface area contributed by atoms with E-state index >= 15 is 0 Å². The van der Waals surface area contributed by atoms with E-state index in [2.05, 4.69) is 15.9 Å². The third kappa shape index (κ3) is 5.22. The van der Waals surface area contributed by atoms with Crippen molar-refractivity contribution in [3.8, 4) is 5.75 Å². The lowest BCUT2D eigenvalue weighted by Gasteiger charge is -2.22. The molecule has 1 aromatic rings. The Morgan fingerprint density at radius 2 is 2.14 bits per heavy atom. The quantitative estimate of drug-likeness (QED) is 0.732. The first kappa shape index (κ1) is 17.8. The molecular formula is C14H16BrF3O3. The number of carboxylic acids is 1. The van der Waals surface area contributed by atoms with Crippen molar-refractivity contribution in [2.45, 2.75) is 38.2 Å². The van der Waals surface area contributed by atoms with Crippen LogP contribution in [0.25, 0.3) is 0 Å². The molecule has 0 bridgehead atoms. The van der Waals surface area contributed by atoms with Crippen LogP contribution in [-0.2, 0) is 10.7 Å². The molecule has 0 aliphatic heterocycles. The van der Waals surface area contributed by atoms with Gasteiger partial charge in [-0.25, -0.2) is 13.2 Å². The van der Waals surface area contributed by atoms with E-state index in [1.165, 1.54) is 25.1 Å². The van der Waals surface area contributed by atoms with Crippen molar-refractivity contribution in [2.24, 2.45) is 0 Å². The highest BCUT2D eigenvalue weighted by Crippen LogP contribution is 2.39. The highest BCUT2D eigenvalue weighted by atomic mass is 79.9. The van der Waals surface area contributed by atoms with Gasteiger partial charge in [-0.2, -0.15) is 0 Å². The number of hydrogen-bond donors (Lipinski definition) is 1. The van der Waals surface area contributed by atoms with Gasteiger partial charge in [0.15, 0.2) is 0 Å². The van der Waals surface area contributed by atoms with E-state index in [1.54, 1.807) is 0 Å². The molecule has 21 heavy (non-hydrogen) atoms. The maximum atomic E-state index is 13.9. The Labute approximate surface area is 129 Å². The number of hydrogen-bond acceptors (Lipinski definition) is 2. The van der Waals surface area contributed by atoms with Crippen molar-refractivity contribution < 1.29 is 27.8 Å². The average molecular weight is 369 g/mol. The van der Waals surface area contributed by atoms with Crippen LogP contribution >= 0.6 is 15.9 Å². The second kappa shape index (κ2) is 7.68. The zero-order chi connectivity index (χ0) is 16.0. The van der Waals surface area contributed by atoms with E-state index < -0.39 is 31.1 Å². The van der Waals surface area contributed by atoms with Crippen LogP contribution in [0.4, 0.5) is 13.2 Å². The third-order valence-corrected chi connectivity index (χ3v) is 3.42. The number of aliphatic carboxylic acids is 1. The maximum absolute atomic E-state index is 13.9. The van der Waals surface area contributed by atoms with E-state index in [0.717, 1.165) is 0 Å². The molecular weight excluding hydrogens is 353 g/mol. The van der Waals surface area contributed by atoms with Gasteiger partial charge in [0.05, 0.1) is 5.56 Å². The van der Waals surface area contributed by atoms with Crippen molar-refractivity contribution in [2.75, 3.05) is 6.67 Å². The Morgan fingerprint density at radius 1 is 1.48 bits per heavy atom. The first-order valence-corrected chi connectivity index (χ1v) is 7.21. The molecule has 0 heterocycles. The Kier molecular flexibility index (Phi) is 6.51. The van der Waals surface area contributed by atoms with Crippen LogP contribution < -0.4 is 4.74 Å². The zero-order valence-corrected chi connectivity index (χ0v) is 13.0. The zero-order valence-electron chi connectivity index (χ0n) is 11.4. The summed E-state index contributed by atoms with van der Waals surface area (Å²) in [5.74, 6) is -4.32. The molecule has 1 rings (SSSR count). The standard InChI is InChI=1S/C14H16BrF3O3/c1-2-14(17,18)11-7-9(15)3-5-12(11)21-10(8-16)4-6-13(19)20/h3,5,7,10H,2,4,6,8H2,1H3,(H,19,20)/t10-/m1/s1. The molecule has 0 amide bonds. The molecule has 0 aromatic heterocycles. The van der Waals surface area contributed by atoms with Gasteiger partial charge in [0.1, 0.15) is 18.5 Å². The van der Waals surface area contributed by atoms with Gasteiger partial charge in [0.2, 0.25) is 0 Å². The topological polar surface area (TPSA) is 46.5 Å². The van der Waals surface area contributed by atoms with Crippen LogP contribution in [0.1, 0.15) is 31.7 Å². The smallest absolute Gasteiger partial charge is 0.303 e. The van der Waals surface area contributed by atoms with E-state index in [4.69, 9.17) is 9.84 Å². The van der Waals surface area contributed by atoms with Gasteiger partial charge < -0.3 is 9.84 Å².